The van der Waals surface area contributed by atoms with Gasteiger partial charge in [-0.3, -0.25) is 0 Å². The topological polar surface area (TPSA) is 69.3 Å². The number of aromatic amines is 1. The van der Waals surface area contributed by atoms with Crippen molar-refractivity contribution in [3.05, 3.63) is 46.5 Å². The van der Waals surface area contributed by atoms with Crippen molar-refractivity contribution in [2.75, 3.05) is 11.4 Å². The van der Waals surface area contributed by atoms with Crippen molar-refractivity contribution in [2.45, 2.75) is 70.1 Å². The van der Waals surface area contributed by atoms with Gasteiger partial charge < -0.3 is 9.88 Å². The van der Waals surface area contributed by atoms with Gasteiger partial charge in [0.25, 0.3) is 0 Å². The van der Waals surface area contributed by atoms with Crippen LogP contribution in [0.4, 0.5) is 18.9 Å². The van der Waals surface area contributed by atoms with Crippen LogP contribution in [0.15, 0.2) is 24.4 Å². The summed E-state index contributed by atoms with van der Waals surface area (Å²) in [7, 11) is -5.50. The molecule has 1 saturated carbocycles. The molecule has 1 aliphatic heterocycles. The molecule has 1 atom stereocenters. The molecule has 2 aromatic rings. The van der Waals surface area contributed by atoms with Gasteiger partial charge in [-0.2, -0.15) is 17.5 Å². The van der Waals surface area contributed by atoms with Gasteiger partial charge in [-0.15, -0.1) is 0 Å². The van der Waals surface area contributed by atoms with Crippen LogP contribution in [0.25, 0.3) is 0 Å². The highest BCUT2D eigenvalue weighted by Gasteiger charge is 2.51. The molecule has 2 heterocycles. The van der Waals surface area contributed by atoms with Crippen molar-refractivity contribution in [1.82, 2.24) is 14.3 Å². The number of aromatic nitrogens is 2. The van der Waals surface area contributed by atoms with Crippen molar-refractivity contribution in [3.63, 3.8) is 0 Å². The van der Waals surface area contributed by atoms with Crippen molar-refractivity contribution >= 4 is 27.3 Å². The molecular formula is C22H28ClF3N4O2S. The molecule has 1 aromatic carbocycles. The van der Waals surface area contributed by atoms with Crippen LogP contribution < -0.4 is 4.90 Å². The van der Waals surface area contributed by atoms with Crippen molar-refractivity contribution in [2.24, 2.45) is 5.92 Å². The Labute approximate surface area is 197 Å². The summed E-state index contributed by atoms with van der Waals surface area (Å²) in [4.78, 5) is 9.43. The normalized spacial score (nSPS) is 20.8. The quantitative estimate of drug-likeness (QED) is 0.573. The Morgan fingerprint density at radius 2 is 1.94 bits per heavy atom. The fraction of sp³-hybridized carbons (Fsp3) is 0.591. The smallest absolute Gasteiger partial charge is 0.361 e. The fourth-order valence-corrected chi connectivity index (χ4v) is 6.16. The molecule has 0 spiro atoms. The van der Waals surface area contributed by atoms with Crippen LogP contribution in [-0.4, -0.2) is 40.8 Å². The molecule has 1 aromatic heterocycles. The highest BCUT2D eigenvalue weighted by atomic mass is 35.5. The average Bonchev–Trinajstić information content (AvgIpc) is 3.36. The number of sulfonamides is 1. The van der Waals surface area contributed by atoms with Gasteiger partial charge in [0.05, 0.1) is 18.4 Å². The Hall–Kier alpha value is -1.78. The number of nitrogens with zero attached hydrogens (tertiary/aromatic N) is 3. The van der Waals surface area contributed by atoms with Gasteiger partial charge in [-0.05, 0) is 49.4 Å². The van der Waals surface area contributed by atoms with Gasteiger partial charge >= 0.3 is 15.5 Å². The van der Waals surface area contributed by atoms with E-state index in [1.165, 1.54) is 12.8 Å². The highest BCUT2D eigenvalue weighted by molar-refractivity contribution is 7.89. The van der Waals surface area contributed by atoms with Gasteiger partial charge in [0.2, 0.25) is 0 Å². The van der Waals surface area contributed by atoms with Crippen LogP contribution in [0.2, 0.25) is 5.02 Å². The van der Waals surface area contributed by atoms with Crippen molar-refractivity contribution < 1.29 is 21.6 Å². The summed E-state index contributed by atoms with van der Waals surface area (Å²) in [6, 6.07) is 4.59. The third kappa shape index (κ3) is 5.33. The second-order valence-electron chi connectivity index (χ2n) is 9.02. The number of rotatable bonds is 6. The summed E-state index contributed by atoms with van der Waals surface area (Å²) in [5, 5.41) is 0.347. The largest absolute Gasteiger partial charge is 0.511 e. The van der Waals surface area contributed by atoms with Crippen molar-refractivity contribution in [3.8, 4) is 0 Å². The molecule has 1 aliphatic carbocycles. The minimum atomic E-state index is -5.50. The van der Waals surface area contributed by atoms with E-state index in [4.69, 9.17) is 11.6 Å². The number of hydrogen-bond acceptors (Lipinski definition) is 4. The Balaban J connectivity index is 1.74. The number of anilines is 1. The lowest BCUT2D eigenvalue weighted by molar-refractivity contribution is -0.0492. The number of fused-ring (bicyclic) bond motifs is 1. The highest BCUT2D eigenvalue weighted by Crippen LogP contribution is 2.38. The van der Waals surface area contributed by atoms with E-state index >= 15 is 0 Å². The molecule has 0 unspecified atom stereocenters. The first kappa shape index (κ1) is 24.3. The summed E-state index contributed by atoms with van der Waals surface area (Å²) in [5.41, 5.74) is -3.40. The minimum absolute atomic E-state index is 0.242. The van der Waals surface area contributed by atoms with Gasteiger partial charge in [0.15, 0.2) is 0 Å². The maximum absolute atomic E-state index is 13.5. The zero-order chi connectivity index (χ0) is 23.8. The summed E-state index contributed by atoms with van der Waals surface area (Å²) < 4.78 is 66.1. The van der Waals surface area contributed by atoms with E-state index < -0.39 is 21.6 Å². The van der Waals surface area contributed by atoms with E-state index in [-0.39, 0.29) is 13.1 Å². The second-order valence-corrected chi connectivity index (χ2v) is 11.4. The maximum Gasteiger partial charge on any atom is 0.511 e. The molecule has 0 saturated heterocycles. The zero-order valence-electron chi connectivity index (χ0n) is 18.4. The molecule has 0 bridgehead atoms. The average molecular weight is 505 g/mol. The number of nitrogens with one attached hydrogen (secondary N) is 1. The molecule has 1 N–H and O–H groups in total. The molecule has 2 aliphatic rings. The van der Waals surface area contributed by atoms with E-state index in [9.17, 15) is 21.6 Å². The molecule has 1 fully saturated rings. The van der Waals surface area contributed by atoms with E-state index in [1.807, 2.05) is 11.8 Å². The Morgan fingerprint density at radius 1 is 1.21 bits per heavy atom. The lowest BCUT2D eigenvalue weighted by Gasteiger charge is -2.34. The Morgan fingerprint density at radius 3 is 2.58 bits per heavy atom. The summed E-state index contributed by atoms with van der Waals surface area (Å²) in [6.45, 7) is 1.59. The third-order valence-electron chi connectivity index (χ3n) is 6.66. The van der Waals surface area contributed by atoms with E-state index in [2.05, 4.69) is 9.97 Å². The summed E-state index contributed by atoms with van der Waals surface area (Å²) >= 11 is 6.15. The fourth-order valence-electron chi connectivity index (χ4n) is 5.00. The maximum atomic E-state index is 13.5. The molecule has 0 amide bonds. The number of aryl methyl sites for hydroxylation is 1. The SMILES string of the molecule is Cc1ncc(CN2c3ccc(Cl)cc3CN(S(=O)(=O)C(F)(F)F)C[C@H]2CCC2CCCC2)[nH]1. The van der Waals surface area contributed by atoms with Crippen LogP contribution in [0, 0.1) is 12.8 Å². The Bertz CT molecular complexity index is 1080. The van der Waals surface area contributed by atoms with Gasteiger partial charge in [0, 0.05) is 29.8 Å². The molecule has 182 valence electrons. The van der Waals surface area contributed by atoms with Crippen LogP contribution in [0.3, 0.4) is 0 Å². The van der Waals surface area contributed by atoms with Crippen LogP contribution in [0.1, 0.15) is 55.6 Å². The number of alkyl halides is 3. The van der Waals surface area contributed by atoms with Crippen LogP contribution in [-0.2, 0) is 23.1 Å². The monoisotopic (exact) mass is 504 g/mol. The first-order valence-corrected chi connectivity index (χ1v) is 13.0. The number of H-pyrrole nitrogens is 1. The van der Waals surface area contributed by atoms with E-state index in [0.29, 0.717) is 39.5 Å². The van der Waals surface area contributed by atoms with Gasteiger partial charge in [0.1, 0.15) is 5.82 Å². The van der Waals surface area contributed by atoms with Crippen LogP contribution >= 0.6 is 11.6 Å². The minimum Gasteiger partial charge on any atom is -0.361 e. The molecule has 33 heavy (non-hydrogen) atoms. The number of halogens is 4. The molecule has 4 rings (SSSR count). The molecule has 11 heteroatoms. The zero-order valence-corrected chi connectivity index (χ0v) is 20.0. The number of hydrogen-bond donors (Lipinski definition) is 1. The summed E-state index contributed by atoms with van der Waals surface area (Å²) in [6.07, 6.45) is 7.72. The van der Waals surface area contributed by atoms with Crippen LogP contribution in [0.5, 0.6) is 0 Å². The number of benzene rings is 1. The molecule has 0 radical (unpaired) electrons. The molecule has 6 nitrogen and oxygen atoms in total. The van der Waals surface area contributed by atoms with Crippen molar-refractivity contribution in [1.29, 1.82) is 0 Å². The lowest BCUT2D eigenvalue weighted by atomic mass is 9.97. The standard InChI is InChI=1S/C22H28ClF3N4O2S/c1-15-27-11-19(28-15)13-30-20(8-6-16-4-2-3-5-16)14-29(33(31,32)22(24,25)26)12-17-10-18(23)7-9-21(17)30/h7,9-11,16,20H,2-6,8,12-14H2,1H3,(H,27,28)/t20-/m1/s1. The summed E-state index contributed by atoms with van der Waals surface area (Å²) in [5.74, 6) is 1.27. The van der Waals surface area contributed by atoms with Gasteiger partial charge in [-0.25, -0.2) is 13.4 Å². The Kier molecular flexibility index (Phi) is 6.98. The van der Waals surface area contributed by atoms with Gasteiger partial charge in [-0.1, -0.05) is 37.3 Å². The molecular weight excluding hydrogens is 477 g/mol. The third-order valence-corrected chi connectivity index (χ3v) is 8.44. The number of imidazole rings is 1. The van der Waals surface area contributed by atoms with E-state index in [0.717, 1.165) is 30.8 Å². The predicted octanol–water partition coefficient (Wildman–Crippen LogP) is 5.38. The predicted molar refractivity (Wildman–Crippen MR) is 121 cm³/mol. The lowest BCUT2D eigenvalue weighted by Crippen LogP contribution is -2.47. The first-order chi connectivity index (χ1) is 15.5. The second kappa shape index (κ2) is 9.46. The first-order valence-electron chi connectivity index (χ1n) is 11.2. The van der Waals surface area contributed by atoms with E-state index in [1.54, 1.807) is 24.4 Å².